The summed E-state index contributed by atoms with van der Waals surface area (Å²) in [6.45, 7) is 0.279. The maximum absolute atomic E-state index is 12.9. The number of ether oxygens (including phenoxy) is 2. The Morgan fingerprint density at radius 3 is 2.04 bits per heavy atom. The van der Waals surface area contributed by atoms with Gasteiger partial charge in [0, 0.05) is 13.1 Å². The molecule has 9 heteroatoms. The highest BCUT2D eigenvalue weighted by atomic mass is 32.2. The Labute approximate surface area is 165 Å². The highest BCUT2D eigenvalue weighted by molar-refractivity contribution is 7.92. The third-order valence-corrected chi connectivity index (χ3v) is 9.13. The lowest BCUT2D eigenvalue weighted by Crippen LogP contribution is -2.42. The molecule has 0 atom stereocenters. The molecule has 0 spiro atoms. The van der Waals surface area contributed by atoms with Gasteiger partial charge < -0.3 is 9.47 Å². The second-order valence-corrected chi connectivity index (χ2v) is 10.6. The number of nitrogens with zero attached hydrogens (tertiary/aromatic N) is 1. The van der Waals surface area contributed by atoms with Crippen molar-refractivity contribution in [2.75, 3.05) is 27.3 Å². The fourth-order valence-corrected chi connectivity index (χ4v) is 6.67. The van der Waals surface area contributed by atoms with Gasteiger partial charge in [0.05, 0.1) is 24.4 Å². The van der Waals surface area contributed by atoms with Crippen LogP contribution in [-0.2, 0) is 19.9 Å². The van der Waals surface area contributed by atoms with Gasteiger partial charge in [0.1, 0.15) is 16.4 Å². The molecule has 0 radical (unpaired) electrons. The van der Waals surface area contributed by atoms with Crippen molar-refractivity contribution in [1.82, 2.24) is 4.31 Å². The molecule has 7 nitrogen and oxygen atoms in total. The molecule has 1 fully saturated rings. The van der Waals surface area contributed by atoms with E-state index in [-0.39, 0.29) is 41.5 Å². The van der Waals surface area contributed by atoms with E-state index in [0.29, 0.717) is 5.75 Å². The van der Waals surface area contributed by atoms with Crippen molar-refractivity contribution in [2.45, 2.75) is 27.9 Å². The van der Waals surface area contributed by atoms with E-state index in [1.54, 1.807) is 30.3 Å². The van der Waals surface area contributed by atoms with E-state index in [4.69, 9.17) is 9.47 Å². The minimum Gasteiger partial charge on any atom is -0.497 e. The smallest absolute Gasteiger partial charge is 0.246 e. The van der Waals surface area contributed by atoms with E-state index in [0.717, 1.165) is 0 Å². The maximum atomic E-state index is 12.9. The summed E-state index contributed by atoms with van der Waals surface area (Å²) in [6, 6.07) is 12.7. The molecule has 0 bridgehead atoms. The molecule has 2 aromatic rings. The third-order valence-electron chi connectivity index (χ3n) is 4.91. The van der Waals surface area contributed by atoms with Gasteiger partial charge in [-0.05, 0) is 49.2 Å². The molecule has 28 heavy (non-hydrogen) atoms. The molecule has 0 aromatic heterocycles. The summed E-state index contributed by atoms with van der Waals surface area (Å²) >= 11 is 0. The zero-order valence-electron chi connectivity index (χ0n) is 15.7. The van der Waals surface area contributed by atoms with Crippen molar-refractivity contribution >= 4 is 19.9 Å². The summed E-state index contributed by atoms with van der Waals surface area (Å²) in [5.74, 6) is 0.854. The van der Waals surface area contributed by atoms with Crippen LogP contribution in [0, 0.1) is 0 Å². The fraction of sp³-hybridized carbons (Fsp3) is 0.368. The zero-order chi connectivity index (χ0) is 20.4. The first-order valence-corrected chi connectivity index (χ1v) is 11.8. The van der Waals surface area contributed by atoms with Gasteiger partial charge in [-0.2, -0.15) is 4.31 Å². The molecule has 0 aliphatic carbocycles. The molecule has 3 rings (SSSR count). The highest BCUT2D eigenvalue weighted by Gasteiger charge is 2.36. The van der Waals surface area contributed by atoms with Crippen LogP contribution in [0.5, 0.6) is 11.5 Å². The van der Waals surface area contributed by atoms with Crippen LogP contribution in [-0.4, -0.2) is 53.7 Å². The molecule has 1 aliphatic heterocycles. The SMILES string of the molecule is COc1ccc(S(=O)(=O)C2CCN(S(=O)(=O)c3ccccc3OC)CC2)cc1. The molecule has 0 unspecified atom stereocenters. The lowest BCUT2D eigenvalue weighted by molar-refractivity contribution is 0.342. The van der Waals surface area contributed by atoms with E-state index in [1.807, 2.05) is 0 Å². The largest absolute Gasteiger partial charge is 0.497 e. The molecular formula is C19H23NO6S2. The van der Waals surface area contributed by atoms with Gasteiger partial charge in [0.15, 0.2) is 9.84 Å². The van der Waals surface area contributed by atoms with Crippen molar-refractivity contribution in [3.8, 4) is 11.5 Å². The molecule has 0 amide bonds. The van der Waals surface area contributed by atoms with E-state index in [9.17, 15) is 16.8 Å². The third kappa shape index (κ3) is 3.87. The number of benzene rings is 2. The summed E-state index contributed by atoms with van der Waals surface area (Å²) in [6.07, 6.45) is 0.478. The van der Waals surface area contributed by atoms with Crippen molar-refractivity contribution in [3.63, 3.8) is 0 Å². The topological polar surface area (TPSA) is 90.0 Å². The predicted octanol–water partition coefficient (Wildman–Crippen LogP) is 2.33. The molecule has 152 valence electrons. The van der Waals surface area contributed by atoms with Crippen LogP contribution in [0.3, 0.4) is 0 Å². The minimum atomic E-state index is -3.75. The lowest BCUT2D eigenvalue weighted by Gasteiger charge is -2.31. The van der Waals surface area contributed by atoms with Crippen molar-refractivity contribution in [1.29, 1.82) is 0 Å². The molecule has 2 aromatic carbocycles. The van der Waals surface area contributed by atoms with Gasteiger partial charge in [-0.1, -0.05) is 12.1 Å². The van der Waals surface area contributed by atoms with Crippen molar-refractivity contribution < 1.29 is 26.3 Å². The first-order chi connectivity index (χ1) is 13.3. The number of sulfonamides is 1. The highest BCUT2D eigenvalue weighted by Crippen LogP contribution is 2.31. The van der Waals surface area contributed by atoms with E-state index in [1.165, 1.54) is 36.7 Å². The normalized spacial score (nSPS) is 16.6. The van der Waals surface area contributed by atoms with Gasteiger partial charge in [0.25, 0.3) is 0 Å². The quantitative estimate of drug-likeness (QED) is 0.706. The van der Waals surface area contributed by atoms with Gasteiger partial charge in [0.2, 0.25) is 10.0 Å². The van der Waals surface area contributed by atoms with Crippen LogP contribution in [0.25, 0.3) is 0 Å². The second kappa shape index (κ2) is 8.10. The second-order valence-electron chi connectivity index (χ2n) is 6.47. The molecule has 1 heterocycles. The molecule has 0 saturated carbocycles. The number of sulfone groups is 1. The van der Waals surface area contributed by atoms with Gasteiger partial charge in [-0.25, -0.2) is 16.8 Å². The van der Waals surface area contributed by atoms with Crippen LogP contribution in [0.2, 0.25) is 0 Å². The molecule has 1 saturated heterocycles. The number of piperidine rings is 1. The monoisotopic (exact) mass is 425 g/mol. The Morgan fingerprint density at radius 1 is 0.857 bits per heavy atom. The average Bonchev–Trinajstić information content (AvgIpc) is 2.73. The Morgan fingerprint density at radius 2 is 1.46 bits per heavy atom. The van der Waals surface area contributed by atoms with Crippen molar-refractivity contribution in [3.05, 3.63) is 48.5 Å². The molecule has 1 aliphatic rings. The van der Waals surface area contributed by atoms with Crippen molar-refractivity contribution in [2.24, 2.45) is 0 Å². The van der Waals surface area contributed by atoms with Crippen LogP contribution in [0.4, 0.5) is 0 Å². The lowest BCUT2D eigenvalue weighted by atomic mass is 10.2. The van der Waals surface area contributed by atoms with Crippen LogP contribution in [0.1, 0.15) is 12.8 Å². The summed E-state index contributed by atoms with van der Waals surface area (Å²) in [4.78, 5) is 0.313. The molecular weight excluding hydrogens is 402 g/mol. The van der Waals surface area contributed by atoms with E-state index < -0.39 is 25.1 Å². The Kier molecular flexibility index (Phi) is 5.97. The number of hydrogen-bond donors (Lipinski definition) is 0. The van der Waals surface area contributed by atoms with Gasteiger partial charge in [-0.15, -0.1) is 0 Å². The zero-order valence-corrected chi connectivity index (χ0v) is 17.4. The van der Waals surface area contributed by atoms with Gasteiger partial charge in [-0.3, -0.25) is 0 Å². The first kappa shape index (κ1) is 20.6. The van der Waals surface area contributed by atoms with Gasteiger partial charge >= 0.3 is 0 Å². The number of methoxy groups -OCH3 is 2. The number of para-hydroxylation sites is 1. The predicted molar refractivity (Wildman–Crippen MR) is 105 cm³/mol. The summed E-state index contributed by atoms with van der Waals surface area (Å²) in [7, 11) is -4.35. The van der Waals surface area contributed by atoms with Crippen LogP contribution < -0.4 is 9.47 Å². The Bertz CT molecular complexity index is 1020. The first-order valence-electron chi connectivity index (χ1n) is 8.82. The fourth-order valence-electron chi connectivity index (χ4n) is 3.31. The van der Waals surface area contributed by atoms with Crippen LogP contribution >= 0.6 is 0 Å². The van der Waals surface area contributed by atoms with E-state index in [2.05, 4.69) is 0 Å². The summed E-state index contributed by atoms with van der Waals surface area (Å²) in [5.41, 5.74) is 0. The Hall–Kier alpha value is -2.10. The summed E-state index contributed by atoms with van der Waals surface area (Å²) in [5, 5.41) is -0.620. The molecule has 0 N–H and O–H groups in total. The average molecular weight is 426 g/mol. The minimum absolute atomic E-state index is 0.0916. The summed E-state index contributed by atoms with van der Waals surface area (Å²) < 4.78 is 63.2. The van der Waals surface area contributed by atoms with E-state index >= 15 is 0 Å². The Balaban J connectivity index is 1.76. The number of rotatable bonds is 6. The maximum Gasteiger partial charge on any atom is 0.246 e. The standard InChI is InChI=1S/C19H23NO6S2/c1-25-15-7-9-16(10-8-15)27(21,22)17-11-13-20(14-12-17)28(23,24)19-6-4-3-5-18(19)26-2/h3-10,17H,11-14H2,1-2H3. The van der Waals surface area contributed by atoms with Crippen LogP contribution in [0.15, 0.2) is 58.3 Å². The number of hydrogen-bond acceptors (Lipinski definition) is 6.